The Kier molecular flexibility index (Phi) is 4.03. The van der Waals surface area contributed by atoms with E-state index in [1.165, 1.54) is 33.4 Å². The second kappa shape index (κ2) is 5.09. The molecule has 0 bridgehead atoms. The Hall–Kier alpha value is -1.40. The molecule has 0 atom stereocenters. The molecule has 16 heavy (non-hydrogen) atoms. The van der Waals surface area contributed by atoms with Crippen molar-refractivity contribution in [2.24, 2.45) is 4.99 Å². The molecular weight excluding hydrogens is 198 g/mol. The molecule has 1 rings (SSSR count). The van der Waals surface area contributed by atoms with E-state index in [1.807, 2.05) is 0 Å². The van der Waals surface area contributed by atoms with Crippen LogP contribution in [0.5, 0.6) is 0 Å². The van der Waals surface area contributed by atoms with Crippen LogP contribution in [0.25, 0.3) is 0 Å². The van der Waals surface area contributed by atoms with Crippen LogP contribution in [0.3, 0.4) is 0 Å². The molecule has 0 saturated carbocycles. The van der Waals surface area contributed by atoms with Crippen LogP contribution >= 0.6 is 0 Å². The number of hydrogen-bond acceptors (Lipinski definition) is 2. The summed E-state index contributed by atoms with van der Waals surface area (Å²) in [5.74, 6) is 0. The van der Waals surface area contributed by atoms with Gasteiger partial charge in [0.1, 0.15) is 0 Å². The second-order valence-electron chi connectivity index (χ2n) is 4.33. The minimum atomic E-state index is 0.535. The highest BCUT2D eigenvalue weighted by atomic mass is 16.1. The normalized spacial score (nSPS) is 10.1. The van der Waals surface area contributed by atoms with E-state index in [4.69, 9.17) is 0 Å². The molecule has 1 aromatic rings. The molecule has 86 valence electrons. The largest absolute Gasteiger partial charge is 0.234 e. The number of isocyanates is 1. The minimum Gasteiger partial charge on any atom is -0.211 e. The summed E-state index contributed by atoms with van der Waals surface area (Å²) in [6.07, 6.45) is 2.42. The van der Waals surface area contributed by atoms with Gasteiger partial charge in [-0.25, -0.2) is 9.79 Å². The monoisotopic (exact) mass is 217 g/mol. The van der Waals surface area contributed by atoms with E-state index in [2.05, 4.69) is 39.6 Å². The Labute approximate surface area is 97.4 Å². The Bertz CT molecular complexity index is 425. The fourth-order valence-corrected chi connectivity index (χ4v) is 2.17. The van der Waals surface area contributed by atoms with Gasteiger partial charge in [-0.3, -0.25) is 0 Å². The summed E-state index contributed by atoms with van der Waals surface area (Å²) in [7, 11) is 0. The summed E-state index contributed by atoms with van der Waals surface area (Å²) >= 11 is 0. The molecule has 0 N–H and O–H groups in total. The summed E-state index contributed by atoms with van der Waals surface area (Å²) < 4.78 is 0. The molecule has 1 aromatic carbocycles. The molecule has 2 heteroatoms. The SMILES string of the molecule is Cc1c(C)c(C)c(CCN=C=O)c(C)c1C. The smallest absolute Gasteiger partial charge is 0.211 e. The van der Waals surface area contributed by atoms with Crippen molar-refractivity contribution in [1.29, 1.82) is 0 Å². The molecule has 0 amide bonds. The molecule has 2 nitrogen and oxygen atoms in total. The molecule has 0 fully saturated rings. The predicted molar refractivity (Wildman–Crippen MR) is 66.8 cm³/mol. The summed E-state index contributed by atoms with van der Waals surface area (Å²) in [6, 6.07) is 0. The fraction of sp³-hybridized carbons (Fsp3) is 0.500. The lowest BCUT2D eigenvalue weighted by atomic mass is 9.88. The number of rotatable bonds is 3. The Morgan fingerprint density at radius 1 is 0.875 bits per heavy atom. The molecule has 0 aromatic heterocycles. The zero-order valence-corrected chi connectivity index (χ0v) is 10.8. The van der Waals surface area contributed by atoms with Gasteiger partial charge in [-0.2, -0.15) is 0 Å². The van der Waals surface area contributed by atoms with Crippen LogP contribution in [-0.2, 0) is 11.2 Å². The van der Waals surface area contributed by atoms with Gasteiger partial charge in [-0.15, -0.1) is 0 Å². The van der Waals surface area contributed by atoms with Crippen molar-refractivity contribution in [3.63, 3.8) is 0 Å². The highest BCUT2D eigenvalue weighted by molar-refractivity contribution is 5.49. The zero-order valence-electron chi connectivity index (χ0n) is 10.8. The van der Waals surface area contributed by atoms with E-state index in [-0.39, 0.29) is 0 Å². The van der Waals surface area contributed by atoms with Gasteiger partial charge in [0.25, 0.3) is 0 Å². The molecule has 0 aliphatic rings. The lowest BCUT2D eigenvalue weighted by Gasteiger charge is -2.17. The maximum atomic E-state index is 10.1. The first kappa shape index (κ1) is 12.7. The first-order valence-electron chi connectivity index (χ1n) is 5.60. The quantitative estimate of drug-likeness (QED) is 0.565. The second-order valence-corrected chi connectivity index (χ2v) is 4.33. The number of aliphatic imine (C=N–C) groups is 1. The third kappa shape index (κ3) is 2.23. The molecule has 0 heterocycles. The van der Waals surface area contributed by atoms with E-state index in [0.29, 0.717) is 6.54 Å². The molecule has 0 unspecified atom stereocenters. The van der Waals surface area contributed by atoms with Crippen molar-refractivity contribution in [1.82, 2.24) is 0 Å². The van der Waals surface area contributed by atoms with Crippen LogP contribution < -0.4 is 0 Å². The van der Waals surface area contributed by atoms with Crippen LogP contribution in [0.15, 0.2) is 4.99 Å². The van der Waals surface area contributed by atoms with E-state index < -0.39 is 0 Å². The average Bonchev–Trinajstić information content (AvgIpc) is 2.28. The first-order valence-corrected chi connectivity index (χ1v) is 5.60. The summed E-state index contributed by atoms with van der Waals surface area (Å²) in [6.45, 7) is 11.3. The number of nitrogens with zero attached hydrogens (tertiary/aromatic N) is 1. The van der Waals surface area contributed by atoms with E-state index in [1.54, 1.807) is 6.08 Å². The topological polar surface area (TPSA) is 29.4 Å². The van der Waals surface area contributed by atoms with Crippen molar-refractivity contribution in [3.8, 4) is 0 Å². The van der Waals surface area contributed by atoms with Gasteiger partial charge in [0.05, 0.1) is 6.54 Å². The Morgan fingerprint density at radius 2 is 1.31 bits per heavy atom. The van der Waals surface area contributed by atoms with E-state index in [0.717, 1.165) is 6.42 Å². The highest BCUT2D eigenvalue weighted by Gasteiger charge is 2.11. The van der Waals surface area contributed by atoms with Gasteiger partial charge in [0, 0.05) is 0 Å². The minimum absolute atomic E-state index is 0.535. The van der Waals surface area contributed by atoms with Gasteiger partial charge < -0.3 is 0 Å². The Balaban J connectivity index is 3.22. The maximum Gasteiger partial charge on any atom is 0.234 e. The van der Waals surface area contributed by atoms with Crippen molar-refractivity contribution in [3.05, 3.63) is 33.4 Å². The summed E-state index contributed by atoms with van der Waals surface area (Å²) in [5, 5.41) is 0. The molecule has 0 aliphatic heterocycles. The van der Waals surface area contributed by atoms with Gasteiger partial charge in [-0.1, -0.05) is 0 Å². The zero-order chi connectivity index (χ0) is 12.3. The number of carbonyl (C=O) groups excluding carboxylic acids is 1. The molecule has 0 aliphatic carbocycles. The number of hydrogen-bond donors (Lipinski definition) is 0. The van der Waals surface area contributed by atoms with Crippen LogP contribution in [0.2, 0.25) is 0 Å². The van der Waals surface area contributed by atoms with Gasteiger partial charge in [0.2, 0.25) is 6.08 Å². The third-order valence-corrected chi connectivity index (χ3v) is 3.69. The van der Waals surface area contributed by atoms with Crippen molar-refractivity contribution < 1.29 is 4.79 Å². The molecule has 0 saturated heterocycles. The lowest BCUT2D eigenvalue weighted by molar-refractivity contribution is 0.563. The third-order valence-electron chi connectivity index (χ3n) is 3.69. The van der Waals surface area contributed by atoms with Crippen molar-refractivity contribution >= 4 is 6.08 Å². The maximum absolute atomic E-state index is 10.1. The molecular formula is C14H19NO. The Morgan fingerprint density at radius 3 is 1.75 bits per heavy atom. The van der Waals surface area contributed by atoms with Crippen LogP contribution in [-0.4, -0.2) is 12.6 Å². The summed E-state index contributed by atoms with van der Waals surface area (Å²) in [4.78, 5) is 13.7. The average molecular weight is 217 g/mol. The van der Waals surface area contributed by atoms with Crippen molar-refractivity contribution in [2.45, 2.75) is 41.0 Å². The fourth-order valence-electron chi connectivity index (χ4n) is 2.17. The summed E-state index contributed by atoms with van der Waals surface area (Å²) in [5.41, 5.74) is 8.09. The lowest BCUT2D eigenvalue weighted by Crippen LogP contribution is -2.04. The van der Waals surface area contributed by atoms with Crippen molar-refractivity contribution in [2.75, 3.05) is 6.54 Å². The highest BCUT2D eigenvalue weighted by Crippen LogP contribution is 2.26. The van der Waals surface area contributed by atoms with Gasteiger partial charge >= 0.3 is 0 Å². The predicted octanol–water partition coefficient (Wildman–Crippen LogP) is 3.11. The number of benzene rings is 1. The van der Waals surface area contributed by atoms with Gasteiger partial charge in [0.15, 0.2) is 0 Å². The molecule has 0 spiro atoms. The van der Waals surface area contributed by atoms with Crippen LogP contribution in [0.4, 0.5) is 0 Å². The van der Waals surface area contributed by atoms with E-state index in [9.17, 15) is 4.79 Å². The van der Waals surface area contributed by atoms with E-state index >= 15 is 0 Å². The standard InChI is InChI=1S/C14H19NO/c1-9-10(2)12(4)14(6-7-15-8-16)13(5)11(9)3/h6-7H2,1-5H3. The van der Waals surface area contributed by atoms with Crippen LogP contribution in [0, 0.1) is 34.6 Å². The van der Waals surface area contributed by atoms with Gasteiger partial charge in [-0.05, 0) is 74.4 Å². The first-order chi connectivity index (χ1) is 7.50. The molecule has 0 radical (unpaired) electrons. The van der Waals surface area contributed by atoms with Crippen LogP contribution in [0.1, 0.15) is 33.4 Å².